The molecule has 21 heavy (non-hydrogen) atoms. The van der Waals surface area contributed by atoms with Gasteiger partial charge in [0.25, 0.3) is 5.91 Å². The van der Waals surface area contributed by atoms with E-state index < -0.39 is 0 Å². The lowest BCUT2D eigenvalue weighted by Crippen LogP contribution is -2.53. The van der Waals surface area contributed by atoms with Crippen LogP contribution in [0.15, 0.2) is 24.3 Å². The summed E-state index contributed by atoms with van der Waals surface area (Å²) >= 11 is 4.89. The highest BCUT2D eigenvalue weighted by molar-refractivity contribution is 7.80. The molecule has 1 fully saturated rings. The van der Waals surface area contributed by atoms with Gasteiger partial charge in [0, 0.05) is 31.2 Å². The van der Waals surface area contributed by atoms with Gasteiger partial charge < -0.3 is 20.3 Å². The number of amides is 1. The average molecular weight is 307 g/mol. The number of likely N-dealkylation sites (N-methyl/N-ethyl adjacent to an activating group) is 1. The van der Waals surface area contributed by atoms with E-state index in [0.717, 1.165) is 25.2 Å². The number of nitrogens with two attached hydrogens (primary N) is 1. The Morgan fingerprint density at radius 3 is 2.62 bits per heavy atom. The zero-order chi connectivity index (χ0) is 15.4. The van der Waals surface area contributed by atoms with Gasteiger partial charge in [-0.3, -0.25) is 4.79 Å². The Morgan fingerprint density at radius 2 is 2.05 bits per heavy atom. The first-order valence-electron chi connectivity index (χ1n) is 6.98. The molecule has 6 heteroatoms. The van der Waals surface area contributed by atoms with Crippen molar-refractivity contribution in [2.24, 2.45) is 5.73 Å². The fourth-order valence-corrected chi connectivity index (χ4v) is 2.36. The highest BCUT2D eigenvalue weighted by Crippen LogP contribution is 2.13. The number of ether oxygens (including phenoxy) is 1. The van der Waals surface area contributed by atoms with Crippen molar-refractivity contribution < 1.29 is 9.53 Å². The van der Waals surface area contributed by atoms with E-state index in [4.69, 9.17) is 22.7 Å². The number of thiocarbonyl (C=S) groups is 1. The summed E-state index contributed by atoms with van der Waals surface area (Å²) in [5, 5.41) is 0. The van der Waals surface area contributed by atoms with Crippen molar-refractivity contribution in [3.63, 3.8) is 0 Å². The van der Waals surface area contributed by atoms with Crippen LogP contribution in [-0.4, -0.2) is 60.0 Å². The van der Waals surface area contributed by atoms with Crippen molar-refractivity contribution in [1.82, 2.24) is 9.80 Å². The minimum Gasteiger partial charge on any atom is -0.484 e. The van der Waals surface area contributed by atoms with Gasteiger partial charge in [0.2, 0.25) is 0 Å². The van der Waals surface area contributed by atoms with Crippen molar-refractivity contribution >= 4 is 23.1 Å². The molecule has 1 amide bonds. The van der Waals surface area contributed by atoms with Gasteiger partial charge in [0.1, 0.15) is 10.7 Å². The van der Waals surface area contributed by atoms with Crippen LogP contribution in [0.2, 0.25) is 0 Å². The summed E-state index contributed by atoms with van der Waals surface area (Å²) in [6, 6.07) is 7.51. The molecule has 1 aliphatic rings. The molecular weight excluding hydrogens is 286 g/mol. The number of carbonyl (C=O) groups is 1. The van der Waals surface area contributed by atoms with Crippen molar-refractivity contribution in [2.45, 2.75) is 13.0 Å². The molecule has 5 nitrogen and oxygen atoms in total. The summed E-state index contributed by atoms with van der Waals surface area (Å²) in [5.74, 6) is 0.666. The van der Waals surface area contributed by atoms with Crippen LogP contribution >= 0.6 is 12.2 Å². The minimum atomic E-state index is 0.0216. The topological polar surface area (TPSA) is 58.8 Å². The fraction of sp³-hybridized carbons (Fsp3) is 0.467. The second-order valence-corrected chi connectivity index (χ2v) is 5.79. The highest BCUT2D eigenvalue weighted by atomic mass is 32.1. The smallest absolute Gasteiger partial charge is 0.260 e. The lowest BCUT2D eigenvalue weighted by molar-refractivity contribution is -0.135. The zero-order valence-electron chi connectivity index (χ0n) is 12.4. The molecule has 0 bridgehead atoms. The molecule has 0 saturated carbocycles. The number of piperazine rings is 1. The molecule has 1 heterocycles. The molecule has 1 unspecified atom stereocenters. The fourth-order valence-electron chi connectivity index (χ4n) is 2.23. The maximum atomic E-state index is 12.1. The van der Waals surface area contributed by atoms with Crippen LogP contribution in [0.25, 0.3) is 0 Å². The Balaban J connectivity index is 1.85. The second kappa shape index (κ2) is 6.87. The summed E-state index contributed by atoms with van der Waals surface area (Å²) in [5.41, 5.74) is 6.32. The molecule has 0 radical (unpaired) electrons. The molecule has 2 N–H and O–H groups in total. The normalized spacial score (nSPS) is 19.3. The maximum Gasteiger partial charge on any atom is 0.260 e. The van der Waals surface area contributed by atoms with Gasteiger partial charge in [-0.1, -0.05) is 12.2 Å². The second-order valence-electron chi connectivity index (χ2n) is 5.35. The molecule has 1 aromatic carbocycles. The monoisotopic (exact) mass is 307 g/mol. The molecule has 0 aliphatic carbocycles. The number of rotatable bonds is 4. The molecule has 1 atom stereocenters. The Hall–Kier alpha value is -1.66. The van der Waals surface area contributed by atoms with Crippen LogP contribution in [0.4, 0.5) is 0 Å². The summed E-state index contributed by atoms with van der Waals surface area (Å²) in [4.78, 5) is 16.6. The summed E-state index contributed by atoms with van der Waals surface area (Å²) in [7, 11) is 2.08. The first-order chi connectivity index (χ1) is 9.97. The van der Waals surface area contributed by atoms with Gasteiger partial charge >= 0.3 is 0 Å². The Kier molecular flexibility index (Phi) is 5.14. The van der Waals surface area contributed by atoms with Gasteiger partial charge in [-0.05, 0) is 38.2 Å². The Labute approximate surface area is 130 Å². The zero-order valence-corrected chi connectivity index (χ0v) is 13.2. The summed E-state index contributed by atoms with van der Waals surface area (Å²) in [6.45, 7) is 4.58. The predicted octanol–water partition coefficient (Wildman–Crippen LogP) is 0.862. The first-order valence-corrected chi connectivity index (χ1v) is 7.39. The van der Waals surface area contributed by atoms with Crippen LogP contribution in [0.1, 0.15) is 12.5 Å². The van der Waals surface area contributed by atoms with E-state index >= 15 is 0 Å². The number of hydrogen-bond acceptors (Lipinski definition) is 4. The number of hydrogen-bond donors (Lipinski definition) is 1. The standard InChI is InChI=1S/C15H21N3O2S/c1-11-9-18(8-7-17(11)2)14(19)10-20-13-5-3-12(4-6-13)15(16)21/h3-6,11H,7-10H2,1-2H3,(H2,16,21). The van der Waals surface area contributed by atoms with E-state index in [9.17, 15) is 4.79 Å². The molecular formula is C15H21N3O2S. The average Bonchev–Trinajstić information content (AvgIpc) is 2.48. The SMILES string of the molecule is CC1CN(C(=O)COc2ccc(C(N)=S)cc2)CCN1C. The highest BCUT2D eigenvalue weighted by Gasteiger charge is 2.24. The van der Waals surface area contributed by atoms with Crippen LogP contribution in [0, 0.1) is 0 Å². The largest absolute Gasteiger partial charge is 0.484 e. The molecule has 1 saturated heterocycles. The van der Waals surface area contributed by atoms with E-state index in [-0.39, 0.29) is 12.5 Å². The summed E-state index contributed by atoms with van der Waals surface area (Å²) < 4.78 is 5.53. The van der Waals surface area contributed by atoms with Gasteiger partial charge in [0.15, 0.2) is 6.61 Å². The predicted molar refractivity (Wildman–Crippen MR) is 86.5 cm³/mol. The van der Waals surface area contributed by atoms with E-state index in [1.807, 2.05) is 4.90 Å². The third-order valence-electron chi connectivity index (χ3n) is 3.81. The number of benzene rings is 1. The quantitative estimate of drug-likeness (QED) is 0.836. The molecule has 0 aromatic heterocycles. The van der Waals surface area contributed by atoms with Crippen LogP contribution in [0.5, 0.6) is 5.75 Å². The van der Waals surface area contributed by atoms with E-state index in [0.29, 0.717) is 16.8 Å². The Bertz CT molecular complexity index is 518. The lowest BCUT2D eigenvalue weighted by Gasteiger charge is -2.37. The number of carbonyl (C=O) groups excluding carboxylic acids is 1. The van der Waals surface area contributed by atoms with Crippen LogP contribution < -0.4 is 10.5 Å². The van der Waals surface area contributed by atoms with Gasteiger partial charge in [0.05, 0.1) is 0 Å². The van der Waals surface area contributed by atoms with Crippen LogP contribution in [-0.2, 0) is 4.79 Å². The third-order valence-corrected chi connectivity index (χ3v) is 4.05. The van der Waals surface area contributed by atoms with Crippen molar-refractivity contribution in [3.05, 3.63) is 29.8 Å². The van der Waals surface area contributed by atoms with Crippen molar-refractivity contribution in [1.29, 1.82) is 0 Å². The molecule has 0 spiro atoms. The number of nitrogens with zero attached hydrogens (tertiary/aromatic N) is 2. The molecule has 114 valence electrons. The van der Waals surface area contributed by atoms with E-state index in [1.54, 1.807) is 24.3 Å². The Morgan fingerprint density at radius 1 is 1.38 bits per heavy atom. The van der Waals surface area contributed by atoms with Gasteiger partial charge in [-0.15, -0.1) is 0 Å². The van der Waals surface area contributed by atoms with E-state index in [1.165, 1.54) is 0 Å². The molecule has 2 rings (SSSR count). The first kappa shape index (κ1) is 15.7. The molecule has 1 aliphatic heterocycles. The maximum absolute atomic E-state index is 12.1. The van der Waals surface area contributed by atoms with Crippen LogP contribution in [0.3, 0.4) is 0 Å². The minimum absolute atomic E-state index is 0.0216. The molecule has 1 aromatic rings. The van der Waals surface area contributed by atoms with E-state index in [2.05, 4.69) is 18.9 Å². The van der Waals surface area contributed by atoms with Crippen molar-refractivity contribution in [2.75, 3.05) is 33.3 Å². The third kappa shape index (κ3) is 4.15. The lowest BCUT2D eigenvalue weighted by atomic mass is 10.2. The summed E-state index contributed by atoms with van der Waals surface area (Å²) in [6.07, 6.45) is 0. The van der Waals surface area contributed by atoms with Crippen molar-refractivity contribution in [3.8, 4) is 5.75 Å². The van der Waals surface area contributed by atoms with Gasteiger partial charge in [-0.25, -0.2) is 0 Å². The van der Waals surface area contributed by atoms with Gasteiger partial charge in [-0.2, -0.15) is 0 Å².